The number of carbonyl (C=O) groups is 1. The number of primary amides is 1. The first-order valence-electron chi connectivity index (χ1n) is 8.68. The maximum Gasteiger partial charge on any atom is 0.250 e. The van der Waals surface area contributed by atoms with E-state index in [1.54, 1.807) is 30.3 Å². The zero-order valence-corrected chi connectivity index (χ0v) is 15.7. The highest BCUT2D eigenvalue weighted by atomic mass is 35.5. The van der Waals surface area contributed by atoms with Gasteiger partial charge in [0.25, 0.3) is 0 Å². The van der Waals surface area contributed by atoms with Crippen LogP contribution in [0.15, 0.2) is 60.8 Å². The molecular weight excluding hydrogens is 381 g/mol. The number of nitrogens with two attached hydrogens (primary N) is 1. The quantitative estimate of drug-likeness (QED) is 0.559. The fourth-order valence-corrected chi connectivity index (χ4v) is 2.87. The summed E-state index contributed by atoms with van der Waals surface area (Å²) in [5, 5.41) is 3.85. The highest BCUT2D eigenvalue weighted by molar-refractivity contribution is 6.31. The fourth-order valence-electron chi connectivity index (χ4n) is 2.60. The molecule has 1 amide bonds. The molecule has 0 atom stereocenters. The van der Waals surface area contributed by atoms with E-state index in [0.29, 0.717) is 35.3 Å². The third kappa shape index (κ3) is 5.52. The third-order valence-corrected chi connectivity index (χ3v) is 4.41. The molecule has 0 radical (unpaired) electrons. The lowest BCUT2D eigenvalue weighted by molar-refractivity contribution is 0.1000. The number of rotatable bonds is 8. The zero-order valence-electron chi connectivity index (χ0n) is 15.0. The molecule has 0 saturated carbocycles. The molecule has 0 aliphatic carbocycles. The van der Waals surface area contributed by atoms with Gasteiger partial charge in [0, 0.05) is 23.8 Å². The monoisotopic (exact) mass is 399 g/mol. The van der Waals surface area contributed by atoms with Crippen LogP contribution in [0.2, 0.25) is 5.02 Å². The Labute approximate surface area is 167 Å². The van der Waals surface area contributed by atoms with Gasteiger partial charge in [-0.25, -0.2) is 9.37 Å². The van der Waals surface area contributed by atoms with Crippen molar-refractivity contribution in [1.82, 2.24) is 10.3 Å². The molecule has 2 aromatic carbocycles. The van der Waals surface area contributed by atoms with E-state index in [-0.39, 0.29) is 5.82 Å². The Bertz CT molecular complexity index is 964. The van der Waals surface area contributed by atoms with Gasteiger partial charge in [-0.3, -0.25) is 4.79 Å². The number of amides is 1. The van der Waals surface area contributed by atoms with Crippen LogP contribution in [-0.4, -0.2) is 17.4 Å². The van der Waals surface area contributed by atoms with Gasteiger partial charge < -0.3 is 15.8 Å². The second kappa shape index (κ2) is 9.30. The summed E-state index contributed by atoms with van der Waals surface area (Å²) in [6, 6.07) is 15.0. The number of benzene rings is 2. The molecule has 144 valence electrons. The topological polar surface area (TPSA) is 77.2 Å². The summed E-state index contributed by atoms with van der Waals surface area (Å²) in [5.41, 5.74) is 7.36. The number of carbonyl (C=O) groups excluding carboxylic acids is 1. The molecule has 28 heavy (non-hydrogen) atoms. The van der Waals surface area contributed by atoms with E-state index >= 15 is 0 Å². The zero-order chi connectivity index (χ0) is 19.9. The van der Waals surface area contributed by atoms with Crippen molar-refractivity contribution in [3.8, 4) is 11.6 Å². The van der Waals surface area contributed by atoms with E-state index in [2.05, 4.69) is 10.3 Å². The lowest BCUT2D eigenvalue weighted by Gasteiger charge is -2.09. The number of pyridine rings is 1. The van der Waals surface area contributed by atoms with Gasteiger partial charge in [-0.1, -0.05) is 29.8 Å². The summed E-state index contributed by atoms with van der Waals surface area (Å²) in [4.78, 5) is 15.1. The van der Waals surface area contributed by atoms with Crippen LogP contribution in [0.1, 0.15) is 21.5 Å². The van der Waals surface area contributed by atoms with Crippen LogP contribution < -0.4 is 15.8 Å². The van der Waals surface area contributed by atoms with E-state index in [1.807, 2.05) is 12.1 Å². The highest BCUT2D eigenvalue weighted by Gasteiger charge is 2.06. The highest BCUT2D eigenvalue weighted by Crippen LogP contribution is 2.26. The van der Waals surface area contributed by atoms with Crippen molar-refractivity contribution in [3.63, 3.8) is 0 Å². The predicted octanol–water partition coefficient (Wildman–Crippen LogP) is 4.10. The third-order valence-electron chi connectivity index (χ3n) is 4.06. The molecule has 7 heteroatoms. The lowest BCUT2D eigenvalue weighted by atomic mass is 10.1. The molecular formula is C21H19ClFN3O2. The summed E-state index contributed by atoms with van der Waals surface area (Å²) in [5.74, 6) is 0.0977. The van der Waals surface area contributed by atoms with Gasteiger partial charge in [0.15, 0.2) is 0 Å². The van der Waals surface area contributed by atoms with E-state index in [9.17, 15) is 9.18 Å². The number of nitrogens with one attached hydrogen (secondary N) is 1. The Balaban J connectivity index is 1.52. The first kappa shape index (κ1) is 19.8. The van der Waals surface area contributed by atoms with Crippen LogP contribution in [0.25, 0.3) is 0 Å². The SMILES string of the molecule is NC(=O)c1ccc(Oc2ccc(CCNCc3cccc(F)c3)c(Cl)c2)nc1. The minimum atomic E-state index is -0.544. The maximum absolute atomic E-state index is 13.2. The minimum Gasteiger partial charge on any atom is -0.439 e. The number of ether oxygens (including phenoxy) is 1. The molecule has 0 bridgehead atoms. The van der Waals surface area contributed by atoms with E-state index in [0.717, 1.165) is 17.5 Å². The van der Waals surface area contributed by atoms with Gasteiger partial charge >= 0.3 is 0 Å². The molecule has 1 heterocycles. The average molecular weight is 400 g/mol. The van der Waals surface area contributed by atoms with Crippen LogP contribution in [-0.2, 0) is 13.0 Å². The van der Waals surface area contributed by atoms with Crippen molar-refractivity contribution in [2.75, 3.05) is 6.54 Å². The molecule has 3 aromatic rings. The molecule has 1 aromatic heterocycles. The second-order valence-corrected chi connectivity index (χ2v) is 6.57. The molecule has 0 aliphatic rings. The number of nitrogens with zero attached hydrogens (tertiary/aromatic N) is 1. The average Bonchev–Trinajstić information content (AvgIpc) is 2.67. The Morgan fingerprint density at radius 2 is 2.04 bits per heavy atom. The van der Waals surface area contributed by atoms with E-state index < -0.39 is 5.91 Å². The molecule has 5 nitrogen and oxygen atoms in total. The molecule has 0 unspecified atom stereocenters. The molecule has 0 aliphatic heterocycles. The van der Waals surface area contributed by atoms with Gasteiger partial charge in [0.05, 0.1) is 5.56 Å². The van der Waals surface area contributed by atoms with Crippen LogP contribution in [0.5, 0.6) is 11.6 Å². The smallest absolute Gasteiger partial charge is 0.250 e. The summed E-state index contributed by atoms with van der Waals surface area (Å²) in [7, 11) is 0. The first-order chi connectivity index (χ1) is 13.5. The predicted molar refractivity (Wildman–Crippen MR) is 106 cm³/mol. The van der Waals surface area contributed by atoms with E-state index in [4.69, 9.17) is 22.1 Å². The molecule has 0 spiro atoms. The van der Waals surface area contributed by atoms with Crippen molar-refractivity contribution in [1.29, 1.82) is 0 Å². The van der Waals surface area contributed by atoms with Crippen molar-refractivity contribution in [3.05, 3.63) is 88.3 Å². The van der Waals surface area contributed by atoms with Gasteiger partial charge in [-0.2, -0.15) is 0 Å². The summed E-state index contributed by atoms with van der Waals surface area (Å²) in [6.07, 6.45) is 2.08. The van der Waals surface area contributed by atoms with Crippen LogP contribution in [0, 0.1) is 5.82 Å². The molecule has 3 rings (SSSR count). The Kier molecular flexibility index (Phi) is 6.57. The molecule has 3 N–H and O–H groups in total. The van der Waals surface area contributed by atoms with E-state index in [1.165, 1.54) is 18.3 Å². The number of hydrogen-bond acceptors (Lipinski definition) is 4. The normalized spacial score (nSPS) is 10.6. The maximum atomic E-state index is 13.2. The van der Waals surface area contributed by atoms with Gasteiger partial charge in [-0.15, -0.1) is 0 Å². The Morgan fingerprint density at radius 1 is 1.18 bits per heavy atom. The van der Waals surface area contributed by atoms with Crippen LogP contribution >= 0.6 is 11.6 Å². The molecule has 0 fully saturated rings. The number of halogens is 2. The Hall–Kier alpha value is -2.96. The van der Waals surface area contributed by atoms with Crippen molar-refractivity contribution in [2.24, 2.45) is 5.73 Å². The van der Waals surface area contributed by atoms with Crippen molar-refractivity contribution >= 4 is 17.5 Å². The van der Waals surface area contributed by atoms with Crippen LogP contribution in [0.4, 0.5) is 4.39 Å². The summed E-state index contributed by atoms with van der Waals surface area (Å²) >= 11 is 6.34. The van der Waals surface area contributed by atoms with Gasteiger partial charge in [0.2, 0.25) is 11.8 Å². The molecule has 0 saturated heterocycles. The standard InChI is InChI=1S/C21H19ClFN3O2/c22-19-11-18(28-20-7-5-16(13-26-20)21(24)27)6-4-15(19)8-9-25-12-14-2-1-3-17(23)10-14/h1-7,10-11,13,25H,8-9,12H2,(H2,24,27). The Morgan fingerprint density at radius 3 is 2.71 bits per heavy atom. The summed E-state index contributed by atoms with van der Waals surface area (Å²) in [6.45, 7) is 1.29. The second-order valence-electron chi connectivity index (χ2n) is 6.16. The van der Waals surface area contributed by atoms with Crippen molar-refractivity contribution < 1.29 is 13.9 Å². The van der Waals surface area contributed by atoms with Gasteiger partial charge in [-0.05, 0) is 54.4 Å². The largest absolute Gasteiger partial charge is 0.439 e. The summed E-state index contributed by atoms with van der Waals surface area (Å²) < 4.78 is 18.8. The van der Waals surface area contributed by atoms with Crippen LogP contribution in [0.3, 0.4) is 0 Å². The lowest BCUT2D eigenvalue weighted by Crippen LogP contribution is -2.16. The number of hydrogen-bond donors (Lipinski definition) is 2. The fraction of sp³-hybridized carbons (Fsp3) is 0.143. The van der Waals surface area contributed by atoms with Gasteiger partial charge in [0.1, 0.15) is 11.6 Å². The number of aromatic nitrogens is 1. The van der Waals surface area contributed by atoms with Crippen molar-refractivity contribution in [2.45, 2.75) is 13.0 Å². The minimum absolute atomic E-state index is 0.239. The first-order valence-corrected chi connectivity index (χ1v) is 9.06.